The van der Waals surface area contributed by atoms with Gasteiger partial charge < -0.3 is 5.32 Å². The number of carbonyl (C=O) groups excluding carboxylic acids is 1. The molecule has 5 nitrogen and oxygen atoms in total. The van der Waals surface area contributed by atoms with Crippen molar-refractivity contribution in [3.05, 3.63) is 93.0 Å². The van der Waals surface area contributed by atoms with Crippen molar-refractivity contribution in [3.63, 3.8) is 0 Å². The predicted molar refractivity (Wildman–Crippen MR) is 145 cm³/mol. The van der Waals surface area contributed by atoms with Gasteiger partial charge in [-0.2, -0.15) is 11.8 Å². The summed E-state index contributed by atoms with van der Waals surface area (Å²) in [7, 11) is -3.88. The summed E-state index contributed by atoms with van der Waals surface area (Å²) in [6.07, 6.45) is 0.791. The molecule has 174 valence electrons. The first-order valence-electron chi connectivity index (χ1n) is 10.3. The summed E-state index contributed by atoms with van der Waals surface area (Å²) in [6.45, 7) is 0.202. The summed E-state index contributed by atoms with van der Waals surface area (Å²) < 4.78 is 28.6. The average Bonchev–Trinajstić information content (AvgIpc) is 2.82. The fourth-order valence-electron chi connectivity index (χ4n) is 3.00. The number of sulfonamides is 1. The quantitative estimate of drug-likeness (QED) is 0.226. The lowest BCUT2D eigenvalue weighted by molar-refractivity contribution is -0.119. The second kappa shape index (κ2) is 12.6. The summed E-state index contributed by atoms with van der Waals surface area (Å²) in [6, 6.07) is 23.0. The number of thioether (sulfide) groups is 1. The molecule has 0 aromatic heterocycles. The highest BCUT2D eigenvalue weighted by Crippen LogP contribution is 2.24. The highest BCUT2D eigenvalue weighted by molar-refractivity contribution is 14.1. The molecule has 33 heavy (non-hydrogen) atoms. The average molecular weight is 615 g/mol. The second-order valence-electron chi connectivity index (χ2n) is 7.18. The minimum Gasteiger partial charge on any atom is -0.354 e. The Labute approximate surface area is 218 Å². The topological polar surface area (TPSA) is 66.5 Å². The molecule has 0 unspecified atom stereocenters. The van der Waals surface area contributed by atoms with Gasteiger partial charge in [0.2, 0.25) is 5.91 Å². The van der Waals surface area contributed by atoms with Gasteiger partial charge in [0.15, 0.2) is 0 Å². The maximum atomic E-state index is 13.3. The molecule has 0 radical (unpaired) electrons. The van der Waals surface area contributed by atoms with Crippen molar-refractivity contribution in [1.29, 1.82) is 0 Å². The Morgan fingerprint density at radius 2 is 1.64 bits per heavy atom. The van der Waals surface area contributed by atoms with E-state index in [1.54, 1.807) is 42.1 Å². The second-order valence-corrected chi connectivity index (χ2v) is 11.8. The van der Waals surface area contributed by atoms with Crippen molar-refractivity contribution in [2.24, 2.45) is 0 Å². The standard InChI is InChI=1S/C24H24ClIN2O3S2/c25-20-9-7-19(8-10-20)18-32-16-4-15-27-24(29)17-28(22-13-11-21(26)12-14-22)33(30,31)23-5-2-1-3-6-23/h1-3,5-14H,4,15-18H2,(H,27,29). The molecule has 0 bridgehead atoms. The van der Waals surface area contributed by atoms with Crippen molar-refractivity contribution in [2.45, 2.75) is 17.1 Å². The molecule has 1 amide bonds. The van der Waals surface area contributed by atoms with E-state index in [0.29, 0.717) is 12.2 Å². The van der Waals surface area contributed by atoms with Crippen LogP contribution >= 0.6 is 46.0 Å². The van der Waals surface area contributed by atoms with Crippen molar-refractivity contribution in [3.8, 4) is 0 Å². The minimum atomic E-state index is -3.88. The first kappa shape index (κ1) is 25.9. The molecule has 0 fully saturated rings. The maximum Gasteiger partial charge on any atom is 0.264 e. The van der Waals surface area contributed by atoms with E-state index in [4.69, 9.17) is 11.6 Å². The van der Waals surface area contributed by atoms with Crippen LogP contribution in [-0.4, -0.2) is 33.2 Å². The van der Waals surface area contributed by atoms with E-state index in [9.17, 15) is 13.2 Å². The van der Waals surface area contributed by atoms with Crippen LogP contribution in [0.3, 0.4) is 0 Å². The van der Waals surface area contributed by atoms with Crippen LogP contribution in [-0.2, 0) is 20.6 Å². The molecule has 3 aromatic rings. The lowest BCUT2D eigenvalue weighted by Crippen LogP contribution is -2.41. The SMILES string of the molecule is O=C(CN(c1ccc(I)cc1)S(=O)(=O)c1ccccc1)NCCCSCc1ccc(Cl)cc1. The molecule has 1 N–H and O–H groups in total. The largest absolute Gasteiger partial charge is 0.354 e. The van der Waals surface area contributed by atoms with E-state index in [1.807, 2.05) is 36.4 Å². The fourth-order valence-corrected chi connectivity index (χ4v) is 5.85. The Bertz CT molecular complexity index is 1140. The smallest absolute Gasteiger partial charge is 0.264 e. The van der Waals surface area contributed by atoms with Gasteiger partial charge in [0.05, 0.1) is 10.6 Å². The first-order chi connectivity index (χ1) is 15.9. The molecule has 0 aliphatic heterocycles. The fraction of sp³-hybridized carbons (Fsp3) is 0.208. The number of nitrogens with one attached hydrogen (secondary N) is 1. The number of anilines is 1. The van der Waals surface area contributed by atoms with Crippen LogP contribution < -0.4 is 9.62 Å². The van der Waals surface area contributed by atoms with Gasteiger partial charge in [-0.05, 0) is 88.9 Å². The van der Waals surface area contributed by atoms with Gasteiger partial charge >= 0.3 is 0 Å². The lowest BCUT2D eigenvalue weighted by atomic mass is 10.2. The molecule has 3 rings (SSSR count). The first-order valence-corrected chi connectivity index (χ1v) is 14.3. The Balaban J connectivity index is 1.55. The van der Waals surface area contributed by atoms with Gasteiger partial charge in [0.1, 0.15) is 6.54 Å². The third kappa shape index (κ3) is 7.91. The number of carbonyl (C=O) groups is 1. The van der Waals surface area contributed by atoms with E-state index in [1.165, 1.54) is 17.7 Å². The molecule has 0 spiro atoms. The summed E-state index contributed by atoms with van der Waals surface area (Å²) >= 11 is 9.83. The molecule has 3 aromatic carbocycles. The van der Waals surface area contributed by atoms with Crippen molar-refractivity contribution in [2.75, 3.05) is 23.1 Å². The summed E-state index contributed by atoms with van der Waals surface area (Å²) in [5.41, 5.74) is 1.65. The van der Waals surface area contributed by atoms with Crippen LogP contribution in [0, 0.1) is 3.57 Å². The van der Waals surface area contributed by atoms with Crippen LogP contribution in [0.2, 0.25) is 5.02 Å². The van der Waals surface area contributed by atoms with Crippen molar-refractivity contribution >= 4 is 67.6 Å². The highest BCUT2D eigenvalue weighted by atomic mass is 127. The van der Waals surface area contributed by atoms with E-state index < -0.39 is 10.0 Å². The summed E-state index contributed by atoms with van der Waals surface area (Å²) in [4.78, 5) is 12.8. The molecular weight excluding hydrogens is 591 g/mol. The minimum absolute atomic E-state index is 0.148. The zero-order chi connectivity index (χ0) is 23.7. The van der Waals surface area contributed by atoms with E-state index in [2.05, 4.69) is 27.9 Å². The van der Waals surface area contributed by atoms with Gasteiger partial charge in [-0.1, -0.05) is 41.9 Å². The number of amides is 1. The zero-order valence-corrected chi connectivity index (χ0v) is 22.3. The number of hydrogen-bond donors (Lipinski definition) is 1. The highest BCUT2D eigenvalue weighted by Gasteiger charge is 2.26. The molecule has 0 aliphatic carbocycles. The molecule has 0 saturated heterocycles. The van der Waals surface area contributed by atoms with Gasteiger partial charge in [-0.3, -0.25) is 9.10 Å². The van der Waals surface area contributed by atoms with Crippen molar-refractivity contribution < 1.29 is 13.2 Å². The number of hydrogen-bond acceptors (Lipinski definition) is 4. The van der Waals surface area contributed by atoms with Crippen molar-refractivity contribution in [1.82, 2.24) is 5.32 Å². The molecular formula is C24H24ClIN2O3S2. The third-order valence-electron chi connectivity index (χ3n) is 4.70. The van der Waals surface area contributed by atoms with Gasteiger partial charge in [0.25, 0.3) is 10.0 Å². The van der Waals surface area contributed by atoms with Crippen LogP contribution in [0.5, 0.6) is 0 Å². The number of nitrogens with zero attached hydrogens (tertiary/aromatic N) is 1. The Morgan fingerprint density at radius 3 is 2.30 bits per heavy atom. The Morgan fingerprint density at radius 1 is 0.970 bits per heavy atom. The van der Waals surface area contributed by atoms with Crippen LogP contribution in [0.25, 0.3) is 0 Å². The summed E-state index contributed by atoms with van der Waals surface area (Å²) in [5, 5.41) is 3.57. The van der Waals surface area contributed by atoms with Gasteiger partial charge in [-0.25, -0.2) is 8.42 Å². The Hall–Kier alpha value is -1.75. The number of halogens is 2. The Kier molecular flexibility index (Phi) is 9.91. The van der Waals surface area contributed by atoms with Gasteiger partial charge in [0, 0.05) is 20.9 Å². The van der Waals surface area contributed by atoms with Crippen LogP contribution in [0.1, 0.15) is 12.0 Å². The zero-order valence-electron chi connectivity index (χ0n) is 17.8. The third-order valence-corrected chi connectivity index (χ3v) is 8.58. The van der Waals surface area contributed by atoms with E-state index in [-0.39, 0.29) is 17.3 Å². The number of rotatable bonds is 11. The van der Waals surface area contributed by atoms with E-state index in [0.717, 1.165) is 30.8 Å². The maximum absolute atomic E-state index is 13.3. The van der Waals surface area contributed by atoms with Gasteiger partial charge in [-0.15, -0.1) is 0 Å². The van der Waals surface area contributed by atoms with Crippen LogP contribution in [0.15, 0.2) is 83.8 Å². The molecule has 0 heterocycles. The summed E-state index contributed by atoms with van der Waals surface area (Å²) in [5.74, 6) is 1.42. The predicted octanol–water partition coefficient (Wildman–Crippen LogP) is 5.58. The number of benzene rings is 3. The molecule has 9 heteroatoms. The lowest BCUT2D eigenvalue weighted by Gasteiger charge is -2.24. The van der Waals surface area contributed by atoms with E-state index >= 15 is 0 Å². The normalized spacial score (nSPS) is 11.2. The molecule has 0 atom stereocenters. The monoisotopic (exact) mass is 614 g/mol. The molecule has 0 aliphatic rings. The molecule has 0 saturated carbocycles. The van der Waals surface area contributed by atoms with Crippen LogP contribution in [0.4, 0.5) is 5.69 Å².